The molecular weight excluding hydrogens is 595 g/mol. The Morgan fingerprint density at radius 3 is 2.27 bits per heavy atom. The van der Waals surface area contributed by atoms with Gasteiger partial charge in [0.15, 0.2) is 22.4 Å². The first-order chi connectivity index (χ1) is 20.5. The third-order valence-electron chi connectivity index (χ3n) is 11.9. The monoisotopic (exact) mass is 659 g/mol. The second kappa shape index (κ2) is 13.7. The van der Waals surface area contributed by atoms with Gasteiger partial charge in [-0.2, -0.15) is 0 Å². The van der Waals surface area contributed by atoms with Crippen molar-refractivity contribution < 1.29 is 23.2 Å². The van der Waals surface area contributed by atoms with Gasteiger partial charge in [0.1, 0.15) is 6.61 Å². The first kappa shape index (κ1) is 38.2. The van der Waals surface area contributed by atoms with Crippen LogP contribution in [0.3, 0.4) is 0 Å². The van der Waals surface area contributed by atoms with Gasteiger partial charge in [0, 0.05) is 19.9 Å². The molecule has 0 saturated heterocycles. The number of rotatable bonds is 10. The summed E-state index contributed by atoms with van der Waals surface area (Å²) >= 11 is 0. The fourth-order valence-electron chi connectivity index (χ4n) is 6.78. The van der Waals surface area contributed by atoms with Crippen LogP contribution in [-0.4, -0.2) is 60.3 Å². The fraction of sp³-hybridized carbons (Fsp3) is 0.757. The molecule has 0 N–H and O–H groups in total. The Morgan fingerprint density at radius 2 is 1.71 bits per heavy atom. The number of hydrogen-bond acceptors (Lipinski definition) is 5. The van der Waals surface area contributed by atoms with Crippen LogP contribution in [-0.2, 0) is 23.2 Å². The summed E-state index contributed by atoms with van der Waals surface area (Å²) in [5.41, 5.74) is 5.52. The molecule has 0 aliphatic heterocycles. The molecule has 4 atom stereocenters. The molecule has 8 heteroatoms. The number of nitrogens with zero attached hydrogens (tertiary/aromatic N) is 1. The van der Waals surface area contributed by atoms with Crippen molar-refractivity contribution in [1.29, 1.82) is 0 Å². The highest BCUT2D eigenvalue weighted by Crippen LogP contribution is 2.56. The van der Waals surface area contributed by atoms with Crippen molar-refractivity contribution in [2.45, 2.75) is 148 Å². The van der Waals surface area contributed by atoms with Crippen LogP contribution in [0.2, 0.25) is 36.3 Å². The summed E-state index contributed by atoms with van der Waals surface area (Å²) in [7, 11) is -1.44. The number of carbonyl (C=O) groups excluding carboxylic acids is 1. The summed E-state index contributed by atoms with van der Waals surface area (Å²) < 4.78 is 21.0. The average Bonchev–Trinajstić information content (AvgIpc) is 3.27. The molecule has 3 aliphatic carbocycles. The maximum atomic E-state index is 13.0. The molecule has 256 valence electrons. The molecule has 0 aromatic heterocycles. The summed E-state index contributed by atoms with van der Waals surface area (Å²) in [6.07, 6.45) is 13.8. The van der Waals surface area contributed by atoms with Gasteiger partial charge in [-0.25, -0.2) is 5.06 Å². The Balaban J connectivity index is 2.11. The van der Waals surface area contributed by atoms with Crippen molar-refractivity contribution in [3.05, 3.63) is 47.1 Å². The largest absolute Gasteiger partial charge is 0.410 e. The third kappa shape index (κ3) is 8.23. The molecular formula is C37H65NO5Si2. The highest BCUT2D eigenvalue weighted by atomic mass is 28.4. The fourth-order valence-corrected chi connectivity index (χ4v) is 9.52. The topological polar surface area (TPSA) is 57.2 Å². The molecule has 0 unspecified atom stereocenters. The Bertz CT molecular complexity index is 1200. The zero-order chi connectivity index (χ0) is 34.2. The zero-order valence-electron chi connectivity index (χ0n) is 31.2. The summed E-state index contributed by atoms with van der Waals surface area (Å²) in [4.78, 5) is 18.2. The second-order valence-corrected chi connectivity index (χ2v) is 26.5. The van der Waals surface area contributed by atoms with Gasteiger partial charge < -0.3 is 13.6 Å². The van der Waals surface area contributed by atoms with Gasteiger partial charge in [-0.3, -0.25) is 9.63 Å². The molecule has 45 heavy (non-hydrogen) atoms. The highest BCUT2D eigenvalue weighted by Gasteiger charge is 2.52. The minimum Gasteiger partial charge on any atom is -0.410 e. The van der Waals surface area contributed by atoms with E-state index in [1.54, 1.807) is 12.6 Å². The molecule has 0 aromatic rings. The average molecular weight is 660 g/mol. The normalized spacial score (nSPS) is 30.1. The lowest BCUT2D eigenvalue weighted by molar-refractivity contribution is -0.221. The number of amides is 1. The van der Waals surface area contributed by atoms with Crippen molar-refractivity contribution in [2.75, 3.05) is 20.8 Å². The SMILES string of the molecule is C=C1C(=CC=C2CCC[C@]3(C)C(CC)=CC[C@@H]23)C[C@@](OCC(=O)N(C)OC)(O[Si](C)(C)C(C)(C)C)C[C@@H]1O[Si](C)(C)C(C)(C)C. The van der Waals surface area contributed by atoms with Crippen molar-refractivity contribution in [2.24, 2.45) is 11.3 Å². The maximum absolute atomic E-state index is 13.0. The number of hydroxylamine groups is 2. The molecule has 0 spiro atoms. The Kier molecular flexibility index (Phi) is 11.6. The summed E-state index contributed by atoms with van der Waals surface area (Å²) in [6.45, 7) is 31.9. The van der Waals surface area contributed by atoms with Gasteiger partial charge in [-0.1, -0.05) is 91.3 Å². The van der Waals surface area contributed by atoms with Crippen LogP contribution in [0.15, 0.2) is 47.1 Å². The molecule has 1 amide bonds. The number of hydrogen-bond donors (Lipinski definition) is 0. The molecule has 3 aliphatic rings. The van der Waals surface area contributed by atoms with E-state index in [-0.39, 0.29) is 34.1 Å². The van der Waals surface area contributed by atoms with Crippen molar-refractivity contribution in [1.82, 2.24) is 5.06 Å². The number of likely N-dealkylation sites (N-methyl/N-ethyl adjacent to an activating group) is 1. The lowest BCUT2D eigenvalue weighted by Crippen LogP contribution is -2.56. The van der Waals surface area contributed by atoms with E-state index < -0.39 is 22.4 Å². The molecule has 0 aromatic carbocycles. The standard InChI is InChI=1S/C37H65NO5Si2/c1-16-30-21-22-31-28(18-17-23-36(30,31)9)19-20-29-24-37(41-26-33(39)38(10)40-11,43-45(14,15)35(6,7)8)25-32(27(29)2)42-44(12,13)34(3,4)5/h19-21,31-32H,2,16-18,22-26H2,1,3-15H3/t31-,32-,36+,37+/m0/s1. The van der Waals surface area contributed by atoms with E-state index in [2.05, 4.69) is 106 Å². The minimum absolute atomic E-state index is 0.0243. The number of fused-ring (bicyclic) bond motifs is 1. The van der Waals surface area contributed by atoms with Gasteiger partial charge in [-0.15, -0.1) is 0 Å². The first-order valence-electron chi connectivity index (χ1n) is 17.1. The van der Waals surface area contributed by atoms with E-state index in [9.17, 15) is 4.79 Å². The van der Waals surface area contributed by atoms with Crippen LogP contribution in [0.25, 0.3) is 0 Å². The highest BCUT2D eigenvalue weighted by molar-refractivity contribution is 6.74. The van der Waals surface area contributed by atoms with Gasteiger partial charge in [0.25, 0.3) is 5.91 Å². The molecule has 3 rings (SSSR count). The van der Waals surface area contributed by atoms with E-state index in [1.165, 1.54) is 30.6 Å². The van der Waals surface area contributed by atoms with E-state index in [0.717, 1.165) is 30.4 Å². The van der Waals surface area contributed by atoms with Gasteiger partial charge in [0.05, 0.1) is 13.2 Å². The minimum atomic E-state index is -2.35. The molecule has 2 saturated carbocycles. The van der Waals surface area contributed by atoms with Crippen molar-refractivity contribution in [3.8, 4) is 0 Å². The summed E-state index contributed by atoms with van der Waals surface area (Å²) in [6, 6.07) is 0. The van der Waals surface area contributed by atoms with E-state index in [1.807, 2.05) is 0 Å². The lowest BCUT2D eigenvalue weighted by atomic mass is 9.64. The van der Waals surface area contributed by atoms with Gasteiger partial charge in [-0.05, 0) is 90.8 Å². The van der Waals surface area contributed by atoms with E-state index >= 15 is 0 Å². The van der Waals surface area contributed by atoms with Gasteiger partial charge >= 0.3 is 0 Å². The zero-order valence-corrected chi connectivity index (χ0v) is 33.2. The van der Waals surface area contributed by atoms with Crippen molar-refractivity contribution >= 4 is 22.5 Å². The van der Waals surface area contributed by atoms with Crippen LogP contribution >= 0.6 is 0 Å². The first-order valence-corrected chi connectivity index (χ1v) is 22.9. The second-order valence-electron chi connectivity index (χ2n) is 17.0. The summed E-state index contributed by atoms with van der Waals surface area (Å²) in [5, 5.41) is 1.19. The maximum Gasteiger partial charge on any atom is 0.271 e. The smallest absolute Gasteiger partial charge is 0.271 e. The van der Waals surface area contributed by atoms with Crippen LogP contribution in [0.4, 0.5) is 0 Å². The quantitative estimate of drug-likeness (QED) is 0.101. The predicted octanol–water partition coefficient (Wildman–Crippen LogP) is 9.88. The van der Waals surface area contributed by atoms with E-state index in [4.69, 9.17) is 18.4 Å². The third-order valence-corrected chi connectivity index (χ3v) is 20.9. The molecule has 0 bridgehead atoms. The van der Waals surface area contributed by atoms with Crippen LogP contribution in [0.5, 0.6) is 0 Å². The number of carbonyl (C=O) groups is 1. The number of ether oxygens (including phenoxy) is 1. The predicted molar refractivity (Wildman–Crippen MR) is 192 cm³/mol. The van der Waals surface area contributed by atoms with Gasteiger partial charge in [0.2, 0.25) is 0 Å². The Morgan fingerprint density at radius 1 is 1.09 bits per heavy atom. The molecule has 2 fully saturated rings. The van der Waals surface area contributed by atoms with Crippen LogP contribution < -0.4 is 0 Å². The Hall–Kier alpha value is -1.30. The summed E-state index contributed by atoms with van der Waals surface area (Å²) in [5.74, 6) is -0.727. The Labute approximate surface area is 277 Å². The number of allylic oxidation sites excluding steroid dienone is 5. The molecule has 0 heterocycles. The molecule has 6 nitrogen and oxygen atoms in total. The van der Waals surface area contributed by atoms with Crippen LogP contribution in [0, 0.1) is 11.3 Å². The van der Waals surface area contributed by atoms with E-state index in [0.29, 0.717) is 18.8 Å². The lowest BCUT2D eigenvalue weighted by Gasteiger charge is -2.51. The van der Waals surface area contributed by atoms with Crippen molar-refractivity contribution in [3.63, 3.8) is 0 Å². The van der Waals surface area contributed by atoms with Crippen LogP contribution in [0.1, 0.15) is 100 Å². The molecule has 0 radical (unpaired) electrons.